The van der Waals surface area contributed by atoms with Crippen molar-refractivity contribution in [3.8, 4) is 11.8 Å². The highest BCUT2D eigenvalue weighted by molar-refractivity contribution is 5.99. The molecule has 2 aromatic rings. The monoisotopic (exact) mass is 415 g/mol. The number of aryl methyl sites for hydroxylation is 1. The Labute approximate surface area is 181 Å². The maximum absolute atomic E-state index is 13.1. The smallest absolute Gasteiger partial charge is 0.252 e. The summed E-state index contributed by atoms with van der Waals surface area (Å²) in [6.45, 7) is 0.475. The van der Waals surface area contributed by atoms with E-state index >= 15 is 0 Å². The number of nitrogens with zero attached hydrogens (tertiary/aromatic N) is 1. The average Bonchev–Trinajstić information content (AvgIpc) is 3.56. The predicted molar refractivity (Wildman–Crippen MR) is 117 cm³/mol. The Bertz CT molecular complexity index is 1030. The number of carbonyl (C=O) groups is 2. The second kappa shape index (κ2) is 9.05. The van der Waals surface area contributed by atoms with Gasteiger partial charge in [0, 0.05) is 12.0 Å². The molecule has 0 aromatic heterocycles. The summed E-state index contributed by atoms with van der Waals surface area (Å²) in [6.07, 6.45) is 7.11. The van der Waals surface area contributed by atoms with E-state index in [1.54, 1.807) is 6.07 Å². The normalized spacial score (nSPS) is 20.0. The van der Waals surface area contributed by atoms with Crippen LogP contribution in [0.3, 0.4) is 0 Å². The Balaban J connectivity index is 1.62. The van der Waals surface area contributed by atoms with Gasteiger partial charge in [-0.05, 0) is 55.0 Å². The van der Waals surface area contributed by atoms with Crippen molar-refractivity contribution in [1.29, 1.82) is 5.26 Å². The molecule has 0 spiro atoms. The molecule has 0 unspecified atom stereocenters. The third kappa shape index (κ3) is 5.13. The van der Waals surface area contributed by atoms with Crippen molar-refractivity contribution in [3.63, 3.8) is 0 Å². The van der Waals surface area contributed by atoms with Gasteiger partial charge in [0.05, 0.1) is 6.07 Å². The van der Waals surface area contributed by atoms with Crippen LogP contribution in [0.25, 0.3) is 0 Å². The van der Waals surface area contributed by atoms with Crippen molar-refractivity contribution in [2.45, 2.75) is 43.7 Å². The Morgan fingerprint density at radius 3 is 2.65 bits per heavy atom. The summed E-state index contributed by atoms with van der Waals surface area (Å²) < 4.78 is 5.74. The zero-order valence-electron chi connectivity index (χ0n) is 17.3. The minimum atomic E-state index is -0.793. The molecule has 1 atom stereocenters. The number of fused-ring (bicyclic) bond motifs is 9. The van der Waals surface area contributed by atoms with Crippen LogP contribution >= 0.6 is 0 Å². The summed E-state index contributed by atoms with van der Waals surface area (Å²) in [4.78, 5) is 26.1. The second-order valence-corrected chi connectivity index (χ2v) is 8.04. The summed E-state index contributed by atoms with van der Waals surface area (Å²) >= 11 is 0. The van der Waals surface area contributed by atoms with Gasteiger partial charge in [0.2, 0.25) is 5.91 Å². The molecule has 2 aromatic carbocycles. The summed E-state index contributed by atoms with van der Waals surface area (Å²) in [5.74, 6) is 0.125. The number of nitrogens with one attached hydrogen (secondary N) is 2. The van der Waals surface area contributed by atoms with E-state index in [1.165, 1.54) is 0 Å². The number of nitriles is 1. The van der Waals surface area contributed by atoms with E-state index in [1.807, 2.05) is 54.6 Å². The molecular weight excluding hydrogens is 390 g/mol. The van der Waals surface area contributed by atoms with Gasteiger partial charge >= 0.3 is 0 Å². The van der Waals surface area contributed by atoms with Crippen molar-refractivity contribution >= 4 is 11.8 Å². The van der Waals surface area contributed by atoms with Gasteiger partial charge in [-0.3, -0.25) is 9.59 Å². The van der Waals surface area contributed by atoms with Crippen LogP contribution in [0, 0.1) is 11.3 Å². The molecule has 3 aliphatic rings. The number of allylic oxidation sites excluding steroid dienone is 1. The second-order valence-electron chi connectivity index (χ2n) is 8.04. The van der Waals surface area contributed by atoms with Crippen LogP contribution < -0.4 is 15.4 Å². The van der Waals surface area contributed by atoms with E-state index in [0.29, 0.717) is 37.9 Å². The molecule has 2 heterocycles. The van der Waals surface area contributed by atoms with E-state index in [2.05, 4.69) is 16.7 Å². The van der Waals surface area contributed by atoms with Crippen LogP contribution in [-0.2, 0) is 17.6 Å². The maximum atomic E-state index is 13.1. The standard InChI is InChI=1S/C25H25N3O3/c26-17-25(13-14-25)28-24(30)22-16-18-9-11-20(12-10-18)31-15-5-1-2-6-19-7-3-4-8-21(19)23(29)27-22/h1,3-5,7-12,22H,2,6,13-16H2,(H,27,29)(H,28,30)/t22-/m0/s1. The Morgan fingerprint density at radius 1 is 1.13 bits per heavy atom. The number of rotatable bonds is 2. The lowest BCUT2D eigenvalue weighted by Crippen LogP contribution is -2.51. The van der Waals surface area contributed by atoms with E-state index in [-0.39, 0.29) is 11.8 Å². The van der Waals surface area contributed by atoms with Crippen molar-refractivity contribution < 1.29 is 14.3 Å². The first kappa shape index (κ1) is 20.7. The Morgan fingerprint density at radius 2 is 1.90 bits per heavy atom. The highest BCUT2D eigenvalue weighted by atomic mass is 16.5. The van der Waals surface area contributed by atoms with Gasteiger partial charge in [-0.15, -0.1) is 0 Å². The van der Waals surface area contributed by atoms with Gasteiger partial charge in [0.15, 0.2) is 0 Å². The molecule has 2 N–H and O–H groups in total. The van der Waals surface area contributed by atoms with Crippen LogP contribution in [0.4, 0.5) is 0 Å². The zero-order valence-corrected chi connectivity index (χ0v) is 17.3. The summed E-state index contributed by atoms with van der Waals surface area (Å²) in [7, 11) is 0. The molecule has 31 heavy (non-hydrogen) atoms. The van der Waals surface area contributed by atoms with Crippen molar-refractivity contribution in [2.75, 3.05) is 6.61 Å². The molecule has 158 valence electrons. The third-order valence-electron chi connectivity index (χ3n) is 5.67. The number of ether oxygens (including phenoxy) is 1. The third-order valence-corrected chi connectivity index (χ3v) is 5.67. The summed E-state index contributed by atoms with van der Waals surface area (Å²) in [6, 6.07) is 16.3. The number of hydrogen-bond donors (Lipinski definition) is 2. The van der Waals surface area contributed by atoms with Crippen molar-refractivity contribution in [3.05, 3.63) is 77.4 Å². The van der Waals surface area contributed by atoms with Crippen molar-refractivity contribution in [2.24, 2.45) is 0 Å². The largest absolute Gasteiger partial charge is 0.490 e. The minimum Gasteiger partial charge on any atom is -0.490 e. The van der Waals surface area contributed by atoms with Crippen LogP contribution in [0.2, 0.25) is 0 Å². The fourth-order valence-electron chi connectivity index (χ4n) is 3.64. The number of amides is 2. The first-order chi connectivity index (χ1) is 15.1. The molecule has 6 nitrogen and oxygen atoms in total. The quantitative estimate of drug-likeness (QED) is 0.738. The Kier molecular flexibility index (Phi) is 6.03. The SMILES string of the molecule is N#CC1(NC(=O)[C@@H]2Cc3ccc(cc3)OCC=CCCc3ccccc3C(=O)N2)CC1. The highest BCUT2D eigenvalue weighted by Gasteiger charge is 2.45. The lowest BCUT2D eigenvalue weighted by molar-refractivity contribution is -0.123. The van der Waals surface area contributed by atoms with Gasteiger partial charge in [-0.25, -0.2) is 0 Å². The van der Waals surface area contributed by atoms with E-state index in [0.717, 1.165) is 23.3 Å². The van der Waals surface area contributed by atoms with Crippen LogP contribution in [0.1, 0.15) is 40.7 Å². The first-order valence-corrected chi connectivity index (χ1v) is 10.6. The van der Waals surface area contributed by atoms with Gasteiger partial charge in [-0.2, -0.15) is 5.26 Å². The molecule has 0 saturated heterocycles. The predicted octanol–water partition coefficient (Wildman–Crippen LogP) is 3.08. The molecule has 1 saturated carbocycles. The maximum Gasteiger partial charge on any atom is 0.252 e. The number of benzene rings is 2. The minimum absolute atomic E-state index is 0.284. The van der Waals surface area contributed by atoms with Crippen LogP contribution in [-0.4, -0.2) is 30.0 Å². The molecule has 2 aliphatic heterocycles. The highest BCUT2D eigenvalue weighted by Crippen LogP contribution is 2.34. The van der Waals surface area contributed by atoms with E-state index in [9.17, 15) is 14.9 Å². The molecule has 6 heteroatoms. The van der Waals surface area contributed by atoms with Crippen molar-refractivity contribution in [1.82, 2.24) is 10.6 Å². The van der Waals surface area contributed by atoms with Gasteiger partial charge in [-0.1, -0.05) is 42.5 Å². The van der Waals surface area contributed by atoms with Crippen LogP contribution in [0.15, 0.2) is 60.7 Å². The Hall–Kier alpha value is -3.59. The van der Waals surface area contributed by atoms with Crippen LogP contribution in [0.5, 0.6) is 5.75 Å². The molecule has 5 rings (SSSR count). The van der Waals surface area contributed by atoms with E-state index in [4.69, 9.17) is 4.74 Å². The fourth-order valence-corrected chi connectivity index (χ4v) is 3.64. The molecule has 2 bridgehead atoms. The summed E-state index contributed by atoms with van der Waals surface area (Å²) in [5, 5.41) is 15.1. The molecule has 2 amide bonds. The zero-order chi connectivity index (χ0) is 21.7. The van der Waals surface area contributed by atoms with Gasteiger partial charge < -0.3 is 15.4 Å². The molecular formula is C25H25N3O3. The lowest BCUT2D eigenvalue weighted by atomic mass is 10.00. The molecule has 0 radical (unpaired) electrons. The topological polar surface area (TPSA) is 91.2 Å². The van der Waals surface area contributed by atoms with Gasteiger partial charge in [0.25, 0.3) is 5.91 Å². The summed E-state index contributed by atoms with van der Waals surface area (Å²) in [5.41, 5.74) is 1.59. The first-order valence-electron chi connectivity index (χ1n) is 10.6. The average molecular weight is 415 g/mol. The number of hydrogen-bond acceptors (Lipinski definition) is 4. The van der Waals surface area contributed by atoms with E-state index < -0.39 is 11.6 Å². The molecule has 1 fully saturated rings. The molecule has 1 aliphatic carbocycles. The number of carbonyl (C=O) groups excluding carboxylic acids is 2. The fraction of sp³-hybridized carbons (Fsp3) is 0.320. The lowest BCUT2D eigenvalue weighted by Gasteiger charge is -2.21. The van der Waals surface area contributed by atoms with Gasteiger partial charge in [0.1, 0.15) is 23.9 Å².